The number of hydrogen-bond acceptors (Lipinski definition) is 3. The predicted molar refractivity (Wildman–Crippen MR) is 96.9 cm³/mol. The molecule has 1 aromatic heterocycles. The normalized spacial score (nSPS) is 11.2. The number of carbonyl (C=O) groups is 1. The van der Waals surface area contributed by atoms with E-state index in [2.05, 4.69) is 9.47 Å². The Bertz CT molecular complexity index is 851. The lowest BCUT2D eigenvalue weighted by atomic mass is 10.1. The summed E-state index contributed by atoms with van der Waals surface area (Å²) in [5, 5.41) is 1.02. The van der Waals surface area contributed by atoms with Crippen molar-refractivity contribution in [2.75, 3.05) is 27.7 Å². The first-order valence-electron chi connectivity index (χ1n) is 8.02. The number of aromatic nitrogens is 1. The molecule has 0 atom stereocenters. The Kier molecular flexibility index (Phi) is 4.67. The largest absolute Gasteiger partial charge is 0.497 e. The fourth-order valence-electron chi connectivity index (χ4n) is 2.84. The Morgan fingerprint density at radius 3 is 2.50 bits per heavy atom. The van der Waals surface area contributed by atoms with Crippen LogP contribution in [0.25, 0.3) is 10.9 Å². The molecule has 0 aliphatic carbocycles. The van der Waals surface area contributed by atoms with Crippen molar-refractivity contribution in [3.63, 3.8) is 0 Å². The van der Waals surface area contributed by atoms with Crippen LogP contribution in [0.1, 0.15) is 16.1 Å². The minimum absolute atomic E-state index is 0.0459. The monoisotopic (exact) mass is 322 g/mol. The molecule has 3 aromatic rings. The number of ether oxygens (including phenoxy) is 1. The number of fused-ring (bicyclic) bond motifs is 1. The van der Waals surface area contributed by atoms with Gasteiger partial charge in [0.15, 0.2) is 0 Å². The maximum Gasteiger partial charge on any atom is 0.209 e. The van der Waals surface area contributed by atoms with Gasteiger partial charge in [0.2, 0.25) is 5.78 Å². The molecule has 0 spiro atoms. The number of nitrogens with zero attached hydrogens (tertiary/aromatic N) is 2. The molecule has 0 unspecified atom stereocenters. The van der Waals surface area contributed by atoms with E-state index < -0.39 is 0 Å². The van der Waals surface area contributed by atoms with Gasteiger partial charge in [0, 0.05) is 29.6 Å². The number of benzene rings is 2. The van der Waals surface area contributed by atoms with Crippen LogP contribution in [-0.4, -0.2) is 43.0 Å². The molecule has 24 heavy (non-hydrogen) atoms. The number of likely N-dealkylation sites (N-methyl/N-ethyl adjacent to an activating group) is 1. The van der Waals surface area contributed by atoms with Gasteiger partial charge >= 0.3 is 0 Å². The Balaban J connectivity index is 2.10. The van der Waals surface area contributed by atoms with Crippen molar-refractivity contribution in [3.8, 4) is 5.75 Å². The molecule has 3 rings (SSSR count). The Labute approximate surface area is 142 Å². The van der Waals surface area contributed by atoms with Crippen molar-refractivity contribution < 1.29 is 9.53 Å². The highest BCUT2D eigenvalue weighted by Crippen LogP contribution is 2.26. The van der Waals surface area contributed by atoms with Gasteiger partial charge in [0.05, 0.1) is 12.8 Å². The van der Waals surface area contributed by atoms with E-state index >= 15 is 0 Å². The van der Waals surface area contributed by atoms with Crippen LogP contribution in [0.2, 0.25) is 0 Å². The predicted octanol–water partition coefficient (Wildman–Crippen LogP) is 3.44. The van der Waals surface area contributed by atoms with Crippen molar-refractivity contribution in [3.05, 3.63) is 65.9 Å². The van der Waals surface area contributed by atoms with E-state index in [4.69, 9.17) is 4.74 Å². The lowest BCUT2D eigenvalue weighted by Crippen LogP contribution is -2.20. The van der Waals surface area contributed by atoms with Crippen LogP contribution in [0, 0.1) is 0 Å². The summed E-state index contributed by atoms with van der Waals surface area (Å²) in [6.45, 7) is 1.63. The second-order valence-electron chi connectivity index (χ2n) is 6.10. The standard InChI is InChI=1S/C20H22N2O2/c1-21(2)11-12-22-18-10-9-17(24-3)13-16(18)14-19(22)20(23)15-7-5-4-6-8-15/h4-10,13-14H,11-12H2,1-3H3. The van der Waals surface area contributed by atoms with Crippen molar-refractivity contribution in [2.24, 2.45) is 0 Å². The van der Waals surface area contributed by atoms with Gasteiger partial charge in [-0.25, -0.2) is 0 Å². The van der Waals surface area contributed by atoms with Crippen molar-refractivity contribution in [2.45, 2.75) is 6.54 Å². The maximum atomic E-state index is 13.0. The number of methoxy groups -OCH3 is 1. The highest BCUT2D eigenvalue weighted by atomic mass is 16.5. The first-order valence-corrected chi connectivity index (χ1v) is 8.02. The molecule has 1 heterocycles. The highest BCUT2D eigenvalue weighted by molar-refractivity contribution is 6.10. The Hall–Kier alpha value is -2.59. The highest BCUT2D eigenvalue weighted by Gasteiger charge is 2.17. The van der Waals surface area contributed by atoms with Crippen LogP contribution >= 0.6 is 0 Å². The van der Waals surface area contributed by atoms with Gasteiger partial charge in [-0.1, -0.05) is 30.3 Å². The van der Waals surface area contributed by atoms with E-state index in [0.29, 0.717) is 11.3 Å². The average molecular weight is 322 g/mol. The summed E-state index contributed by atoms with van der Waals surface area (Å²) >= 11 is 0. The van der Waals surface area contributed by atoms with E-state index in [-0.39, 0.29) is 5.78 Å². The summed E-state index contributed by atoms with van der Waals surface area (Å²) in [4.78, 5) is 15.1. The summed E-state index contributed by atoms with van der Waals surface area (Å²) in [5.74, 6) is 0.843. The van der Waals surface area contributed by atoms with Crippen molar-refractivity contribution in [1.82, 2.24) is 9.47 Å². The topological polar surface area (TPSA) is 34.5 Å². The van der Waals surface area contributed by atoms with Gasteiger partial charge in [0.25, 0.3) is 0 Å². The van der Waals surface area contributed by atoms with E-state index in [0.717, 1.165) is 29.7 Å². The molecule has 0 aliphatic heterocycles. The fourth-order valence-corrected chi connectivity index (χ4v) is 2.84. The molecule has 4 heteroatoms. The number of hydrogen-bond donors (Lipinski definition) is 0. The third-order valence-electron chi connectivity index (χ3n) is 4.15. The summed E-state index contributed by atoms with van der Waals surface area (Å²) in [7, 11) is 5.72. The lowest BCUT2D eigenvalue weighted by molar-refractivity contribution is 0.103. The minimum Gasteiger partial charge on any atom is -0.497 e. The molecule has 0 N–H and O–H groups in total. The third kappa shape index (κ3) is 3.19. The molecular formula is C20H22N2O2. The van der Waals surface area contributed by atoms with Crippen molar-refractivity contribution in [1.29, 1.82) is 0 Å². The molecule has 0 aliphatic rings. The molecule has 4 nitrogen and oxygen atoms in total. The van der Waals surface area contributed by atoms with Gasteiger partial charge in [-0.3, -0.25) is 4.79 Å². The van der Waals surface area contributed by atoms with Gasteiger partial charge in [-0.2, -0.15) is 0 Å². The second kappa shape index (κ2) is 6.89. The molecule has 0 saturated carbocycles. The molecule has 0 bridgehead atoms. The Morgan fingerprint density at radius 2 is 1.83 bits per heavy atom. The zero-order valence-electron chi connectivity index (χ0n) is 14.3. The Morgan fingerprint density at radius 1 is 1.08 bits per heavy atom. The van der Waals surface area contributed by atoms with Crippen LogP contribution in [0.4, 0.5) is 0 Å². The summed E-state index contributed by atoms with van der Waals surface area (Å²) in [6.07, 6.45) is 0. The summed E-state index contributed by atoms with van der Waals surface area (Å²) in [5.41, 5.74) is 2.47. The van der Waals surface area contributed by atoms with Crippen LogP contribution in [0.5, 0.6) is 5.75 Å². The van der Waals surface area contributed by atoms with Crippen LogP contribution in [-0.2, 0) is 6.54 Å². The zero-order valence-corrected chi connectivity index (χ0v) is 14.3. The van der Waals surface area contributed by atoms with Crippen LogP contribution in [0.3, 0.4) is 0 Å². The SMILES string of the molecule is COc1ccc2c(c1)cc(C(=O)c1ccccc1)n2CCN(C)C. The van der Waals surface area contributed by atoms with E-state index in [9.17, 15) is 4.79 Å². The van der Waals surface area contributed by atoms with E-state index in [1.165, 1.54) is 0 Å². The van der Waals surface area contributed by atoms with Gasteiger partial charge < -0.3 is 14.2 Å². The first-order chi connectivity index (χ1) is 11.6. The smallest absolute Gasteiger partial charge is 0.209 e. The molecule has 2 aromatic carbocycles. The van der Waals surface area contributed by atoms with Crippen molar-refractivity contribution >= 4 is 16.7 Å². The number of ketones is 1. The van der Waals surface area contributed by atoms with Gasteiger partial charge in [-0.15, -0.1) is 0 Å². The molecule has 0 amide bonds. The minimum atomic E-state index is 0.0459. The van der Waals surface area contributed by atoms with Gasteiger partial charge in [0.1, 0.15) is 5.75 Å². The molecule has 124 valence electrons. The second-order valence-corrected chi connectivity index (χ2v) is 6.10. The maximum absolute atomic E-state index is 13.0. The third-order valence-corrected chi connectivity index (χ3v) is 4.15. The number of carbonyl (C=O) groups excluding carboxylic acids is 1. The van der Waals surface area contributed by atoms with Crippen LogP contribution in [0.15, 0.2) is 54.6 Å². The molecule has 0 radical (unpaired) electrons. The van der Waals surface area contributed by atoms with Crippen LogP contribution < -0.4 is 4.74 Å². The lowest BCUT2D eigenvalue weighted by Gasteiger charge is -2.14. The average Bonchev–Trinajstić information content (AvgIpc) is 2.97. The molecule has 0 fully saturated rings. The molecular weight excluding hydrogens is 300 g/mol. The summed E-state index contributed by atoms with van der Waals surface area (Å²) < 4.78 is 7.41. The number of rotatable bonds is 6. The summed E-state index contributed by atoms with van der Waals surface area (Å²) in [6, 6.07) is 17.3. The van der Waals surface area contributed by atoms with E-state index in [1.54, 1.807) is 7.11 Å². The zero-order chi connectivity index (χ0) is 17.1. The quantitative estimate of drug-likeness (QED) is 0.652. The van der Waals surface area contributed by atoms with E-state index in [1.807, 2.05) is 68.7 Å². The first kappa shape index (κ1) is 16.3. The fraction of sp³-hybridized carbons (Fsp3) is 0.250. The van der Waals surface area contributed by atoms with Gasteiger partial charge in [-0.05, 0) is 38.4 Å². The molecule has 0 saturated heterocycles.